The molecule has 1 amide bonds. The van der Waals surface area contributed by atoms with Crippen LogP contribution < -0.4 is 0 Å². The van der Waals surface area contributed by atoms with E-state index in [0.717, 1.165) is 24.0 Å². The lowest BCUT2D eigenvalue weighted by atomic mass is 9.99. The third-order valence-electron chi connectivity index (χ3n) is 5.35. The molecule has 4 aromatic rings. The monoisotopic (exact) mass is 451 g/mol. The summed E-state index contributed by atoms with van der Waals surface area (Å²) in [7, 11) is 0. The van der Waals surface area contributed by atoms with Gasteiger partial charge >= 0.3 is 12.7 Å². The number of aromatic nitrogens is 6. The number of H-pyrrole nitrogens is 1. The van der Waals surface area contributed by atoms with Crippen molar-refractivity contribution in [1.82, 2.24) is 34.3 Å². The molecule has 8 nitrogen and oxygen atoms in total. The van der Waals surface area contributed by atoms with Gasteiger partial charge in [0, 0.05) is 31.1 Å². The minimum Gasteiger partial charge on any atom is -0.348 e. The third-order valence-corrected chi connectivity index (χ3v) is 5.35. The highest BCUT2D eigenvalue weighted by Crippen LogP contribution is 2.35. The summed E-state index contributed by atoms with van der Waals surface area (Å²) in [6.07, 6.45) is -0.420. The molecule has 4 aromatic heterocycles. The van der Waals surface area contributed by atoms with Crippen molar-refractivity contribution >= 4 is 11.4 Å². The van der Waals surface area contributed by atoms with Gasteiger partial charge in [-0.15, -0.1) is 0 Å². The molecule has 5 heterocycles. The molecular weight excluding hydrogens is 437 g/mol. The van der Waals surface area contributed by atoms with E-state index >= 15 is 0 Å². The Morgan fingerprint density at radius 2 is 2.03 bits per heavy atom. The second-order valence-corrected chi connectivity index (χ2v) is 7.21. The maximum Gasteiger partial charge on any atom is 0.416 e. The first kappa shape index (κ1) is 20.2. The molecule has 0 unspecified atom stereocenters. The summed E-state index contributed by atoms with van der Waals surface area (Å²) in [5, 5.41) is 7.84. The Bertz CT molecular complexity index is 1300. The van der Waals surface area contributed by atoms with Crippen LogP contribution in [0.4, 0.5) is 22.0 Å². The number of halogens is 5. The Hall–Kier alpha value is -3.77. The summed E-state index contributed by atoms with van der Waals surface area (Å²) in [6.45, 7) is -2.85. The average Bonchev–Trinajstić information content (AvgIpc) is 3.49. The van der Waals surface area contributed by atoms with Gasteiger partial charge in [0.15, 0.2) is 0 Å². The highest BCUT2D eigenvalue weighted by Gasteiger charge is 2.38. The fraction of sp³-hybridized carbons (Fsp3) is 0.263. The van der Waals surface area contributed by atoms with Gasteiger partial charge in [-0.3, -0.25) is 4.79 Å². The summed E-state index contributed by atoms with van der Waals surface area (Å²) >= 11 is 0. The number of aromatic amines is 1. The molecule has 1 aliphatic heterocycles. The standard InChI is InChI=1S/C19H14F5N7O/c20-18(21)31-14(1-4-27-31)17(32)29-5-3-12-15(26-9-25-12)16(29)13-8-11-7-10(19(22,23)24)2-6-30(11)28-13/h1-2,4,6-9,16,18H,3,5H2,(H,25,26)/t16-/m1/s1. The minimum absolute atomic E-state index is 0.161. The van der Waals surface area contributed by atoms with Crippen LogP contribution in [0.5, 0.6) is 0 Å². The van der Waals surface area contributed by atoms with E-state index in [9.17, 15) is 26.7 Å². The molecule has 0 saturated heterocycles. The van der Waals surface area contributed by atoms with Crippen molar-refractivity contribution < 1.29 is 26.7 Å². The predicted molar refractivity (Wildman–Crippen MR) is 98.8 cm³/mol. The number of nitrogens with zero attached hydrogens (tertiary/aromatic N) is 6. The number of carbonyl (C=O) groups is 1. The van der Waals surface area contributed by atoms with Crippen molar-refractivity contribution in [2.75, 3.05) is 6.54 Å². The second kappa shape index (κ2) is 7.14. The van der Waals surface area contributed by atoms with Crippen molar-refractivity contribution in [2.24, 2.45) is 0 Å². The number of pyridine rings is 1. The second-order valence-electron chi connectivity index (χ2n) is 7.21. The van der Waals surface area contributed by atoms with E-state index in [-0.39, 0.29) is 23.4 Å². The summed E-state index contributed by atoms with van der Waals surface area (Å²) in [5.74, 6) is -0.713. The smallest absolute Gasteiger partial charge is 0.348 e. The lowest BCUT2D eigenvalue weighted by molar-refractivity contribution is -0.137. The average molecular weight is 451 g/mol. The molecule has 0 aromatic carbocycles. The van der Waals surface area contributed by atoms with Crippen LogP contribution in [0.25, 0.3) is 5.52 Å². The number of carbonyl (C=O) groups excluding carboxylic acids is 1. The molecule has 166 valence electrons. The van der Waals surface area contributed by atoms with Gasteiger partial charge in [0.2, 0.25) is 0 Å². The molecular formula is C19H14F5N7O. The summed E-state index contributed by atoms with van der Waals surface area (Å²) in [6, 6.07) is 3.57. The fourth-order valence-corrected chi connectivity index (χ4v) is 3.91. The van der Waals surface area contributed by atoms with Gasteiger partial charge in [0.25, 0.3) is 5.91 Å². The topological polar surface area (TPSA) is 84.1 Å². The lowest BCUT2D eigenvalue weighted by Crippen LogP contribution is -2.41. The molecule has 0 bridgehead atoms. The molecule has 1 atom stereocenters. The molecule has 0 radical (unpaired) electrons. The lowest BCUT2D eigenvalue weighted by Gasteiger charge is -2.33. The molecule has 1 N–H and O–H groups in total. The molecule has 32 heavy (non-hydrogen) atoms. The Balaban J connectivity index is 1.60. The number of amides is 1. The molecule has 0 spiro atoms. The zero-order chi connectivity index (χ0) is 22.6. The largest absolute Gasteiger partial charge is 0.416 e. The zero-order valence-electron chi connectivity index (χ0n) is 16.1. The summed E-state index contributed by atoms with van der Waals surface area (Å²) in [5.41, 5.74) is 0.458. The number of alkyl halides is 5. The van der Waals surface area contributed by atoms with E-state index in [1.54, 1.807) is 0 Å². The number of rotatable bonds is 3. The van der Waals surface area contributed by atoms with Crippen molar-refractivity contribution in [3.05, 3.63) is 71.3 Å². The van der Waals surface area contributed by atoms with Crippen LogP contribution >= 0.6 is 0 Å². The van der Waals surface area contributed by atoms with Crippen molar-refractivity contribution in [2.45, 2.75) is 25.2 Å². The van der Waals surface area contributed by atoms with Crippen LogP contribution in [0.15, 0.2) is 43.0 Å². The molecule has 1 aliphatic rings. The van der Waals surface area contributed by atoms with E-state index < -0.39 is 30.2 Å². The number of hydrogen-bond acceptors (Lipinski definition) is 4. The van der Waals surface area contributed by atoms with E-state index in [0.29, 0.717) is 16.8 Å². The highest BCUT2D eigenvalue weighted by atomic mass is 19.4. The van der Waals surface area contributed by atoms with Crippen LogP contribution in [-0.2, 0) is 12.6 Å². The van der Waals surface area contributed by atoms with Gasteiger partial charge in [-0.2, -0.15) is 36.8 Å². The van der Waals surface area contributed by atoms with Gasteiger partial charge in [0.05, 0.1) is 28.8 Å². The van der Waals surface area contributed by atoms with Crippen LogP contribution in [0.1, 0.15) is 45.7 Å². The quantitative estimate of drug-likeness (QED) is 0.484. The highest BCUT2D eigenvalue weighted by molar-refractivity contribution is 5.93. The number of hydrogen-bond donors (Lipinski definition) is 1. The van der Waals surface area contributed by atoms with Gasteiger partial charge in [-0.25, -0.2) is 9.50 Å². The van der Waals surface area contributed by atoms with Crippen LogP contribution in [0.3, 0.4) is 0 Å². The number of fused-ring (bicyclic) bond motifs is 2. The van der Waals surface area contributed by atoms with Gasteiger partial charge in [0.1, 0.15) is 11.7 Å². The number of nitrogens with one attached hydrogen (secondary N) is 1. The van der Waals surface area contributed by atoms with E-state index in [1.165, 1.54) is 34.1 Å². The van der Waals surface area contributed by atoms with Gasteiger partial charge < -0.3 is 9.88 Å². The predicted octanol–water partition coefficient (Wildman–Crippen LogP) is 3.46. The van der Waals surface area contributed by atoms with E-state index in [4.69, 9.17) is 0 Å². The van der Waals surface area contributed by atoms with E-state index in [2.05, 4.69) is 20.2 Å². The Kier molecular flexibility index (Phi) is 4.50. The van der Waals surface area contributed by atoms with Crippen LogP contribution in [-0.4, -0.2) is 46.7 Å². The summed E-state index contributed by atoms with van der Waals surface area (Å²) in [4.78, 5) is 21.8. The first-order chi connectivity index (χ1) is 15.2. The molecule has 0 aliphatic carbocycles. The molecule has 0 saturated carbocycles. The first-order valence-corrected chi connectivity index (χ1v) is 9.45. The summed E-state index contributed by atoms with van der Waals surface area (Å²) < 4.78 is 67.4. The van der Waals surface area contributed by atoms with E-state index in [1.807, 2.05) is 0 Å². The first-order valence-electron chi connectivity index (χ1n) is 9.45. The maximum absolute atomic E-state index is 13.3. The van der Waals surface area contributed by atoms with Gasteiger partial charge in [-0.1, -0.05) is 0 Å². The minimum atomic E-state index is -4.53. The van der Waals surface area contributed by atoms with Crippen LogP contribution in [0.2, 0.25) is 0 Å². The Labute approximate surface area is 176 Å². The Morgan fingerprint density at radius 3 is 2.78 bits per heavy atom. The number of imidazole rings is 1. The third kappa shape index (κ3) is 3.20. The Morgan fingerprint density at radius 1 is 1.22 bits per heavy atom. The van der Waals surface area contributed by atoms with Crippen molar-refractivity contribution in [3.63, 3.8) is 0 Å². The van der Waals surface area contributed by atoms with Crippen molar-refractivity contribution in [1.29, 1.82) is 0 Å². The van der Waals surface area contributed by atoms with Gasteiger partial charge in [-0.05, 0) is 24.3 Å². The molecule has 13 heteroatoms. The van der Waals surface area contributed by atoms with Crippen molar-refractivity contribution in [3.8, 4) is 0 Å². The fourth-order valence-electron chi connectivity index (χ4n) is 3.91. The van der Waals surface area contributed by atoms with Crippen LogP contribution in [0, 0.1) is 0 Å². The normalized spacial score (nSPS) is 16.7. The molecule has 0 fully saturated rings. The SMILES string of the molecule is O=C(c1ccnn1C(F)F)N1CCc2[nH]cnc2[C@H]1c1cc2cc(C(F)(F)F)ccn2n1. The molecule has 5 rings (SSSR count). The zero-order valence-corrected chi connectivity index (χ0v) is 16.1. The maximum atomic E-state index is 13.3.